The van der Waals surface area contributed by atoms with Crippen molar-refractivity contribution in [1.82, 2.24) is 10.2 Å². The molecule has 0 aromatic rings. The third-order valence-electron chi connectivity index (χ3n) is 15.7. The van der Waals surface area contributed by atoms with Crippen LogP contribution in [0.3, 0.4) is 0 Å². The minimum atomic E-state index is -2.50. The molecule has 0 aromatic carbocycles. The van der Waals surface area contributed by atoms with Crippen molar-refractivity contribution >= 4 is 35.1 Å². The molecule has 17 heteroatoms. The highest BCUT2D eigenvalue weighted by Crippen LogP contribution is 2.38. The highest BCUT2D eigenvalue weighted by Gasteiger charge is 2.53. The van der Waals surface area contributed by atoms with Crippen LogP contribution in [0.2, 0.25) is 0 Å². The number of methoxy groups -OCH3 is 2. The number of Topliss-reactive ketones (excluding diaryl/α,β-unsaturated/α-hetero) is 3. The minimum Gasteiger partial charge on any atom is -0.460 e. The van der Waals surface area contributed by atoms with Crippen LogP contribution in [0, 0.1) is 35.5 Å². The number of carbonyl (C=O) groups is 6. The lowest BCUT2D eigenvalue weighted by Gasteiger charge is -2.43. The molecule has 2 unspecified atom stereocenters. The van der Waals surface area contributed by atoms with Crippen molar-refractivity contribution in [3.8, 4) is 0 Å². The molecule has 1 saturated carbocycles. The summed E-state index contributed by atoms with van der Waals surface area (Å²) in [6.45, 7) is 13.0. The topological polar surface area (TPSA) is 234 Å². The third-order valence-corrected chi connectivity index (χ3v) is 15.7. The van der Waals surface area contributed by atoms with Crippen molar-refractivity contribution in [3.63, 3.8) is 0 Å². The maximum Gasteiger partial charge on any atom is 0.329 e. The van der Waals surface area contributed by atoms with E-state index in [0.717, 1.165) is 12.0 Å². The molecular weight excluding hydrogens is 953 g/mol. The van der Waals surface area contributed by atoms with E-state index in [1.165, 1.54) is 12.0 Å². The zero-order chi connectivity index (χ0) is 54.7. The number of esters is 1. The van der Waals surface area contributed by atoms with Gasteiger partial charge in [0.1, 0.15) is 30.1 Å². The summed E-state index contributed by atoms with van der Waals surface area (Å²) in [4.78, 5) is 84.7. The normalized spacial score (nSPS) is 35.7. The van der Waals surface area contributed by atoms with Gasteiger partial charge < -0.3 is 54.0 Å². The Morgan fingerprint density at radius 1 is 0.892 bits per heavy atom. The van der Waals surface area contributed by atoms with Gasteiger partial charge >= 0.3 is 5.97 Å². The van der Waals surface area contributed by atoms with Gasteiger partial charge in [-0.3, -0.25) is 24.0 Å². The van der Waals surface area contributed by atoms with Crippen LogP contribution in [-0.2, 0) is 57.2 Å². The summed E-state index contributed by atoms with van der Waals surface area (Å²) in [6, 6.07) is -1.18. The molecule has 0 spiro atoms. The van der Waals surface area contributed by atoms with Crippen molar-refractivity contribution in [3.05, 3.63) is 47.6 Å². The first kappa shape index (κ1) is 62.6. The first-order valence-electron chi connectivity index (χ1n) is 27.2. The Labute approximate surface area is 440 Å². The number of rotatable bonds is 13. The molecule has 4 N–H and O–H groups in total. The van der Waals surface area contributed by atoms with Gasteiger partial charge in [0.25, 0.3) is 11.7 Å². The second-order valence-electron chi connectivity index (χ2n) is 21.6. The lowest BCUT2D eigenvalue weighted by molar-refractivity contribution is -0.266. The van der Waals surface area contributed by atoms with Gasteiger partial charge in [-0.2, -0.15) is 0 Å². The number of aliphatic hydroxyl groups excluding tert-OH is 2. The first-order valence-corrected chi connectivity index (χ1v) is 27.2. The average Bonchev–Trinajstić information content (AvgIpc) is 3.38. The summed E-state index contributed by atoms with van der Waals surface area (Å²) in [5, 5.41) is 35.7. The molecule has 418 valence electrons. The smallest absolute Gasteiger partial charge is 0.329 e. The van der Waals surface area contributed by atoms with Gasteiger partial charge in [0.2, 0.25) is 11.7 Å². The summed E-state index contributed by atoms with van der Waals surface area (Å²) in [7, 11) is 4.57. The molecular formula is C57H90N2O15. The number of amides is 2. The lowest BCUT2D eigenvalue weighted by atomic mass is 9.78. The summed E-state index contributed by atoms with van der Waals surface area (Å²) in [5.41, 5.74) is 1.19. The summed E-state index contributed by atoms with van der Waals surface area (Å²) in [5.74, 6) is -8.43. The summed E-state index contributed by atoms with van der Waals surface area (Å²) in [6.07, 6.45) is 12.0. The Kier molecular flexibility index (Phi) is 26.0. The summed E-state index contributed by atoms with van der Waals surface area (Å²) < 4.78 is 36.2. The maximum absolute atomic E-state index is 14.6. The quantitative estimate of drug-likeness (QED) is 0.0707. The number of carbonyl (C=O) groups excluding carboxylic acids is 6. The number of hydrogen-bond acceptors (Lipinski definition) is 15. The fourth-order valence-corrected chi connectivity index (χ4v) is 11.0. The molecule has 17 nitrogen and oxygen atoms in total. The number of allylic oxidation sites excluding steroid dienone is 6. The van der Waals surface area contributed by atoms with Crippen LogP contribution < -0.4 is 5.32 Å². The lowest BCUT2D eigenvalue weighted by Crippen LogP contribution is -2.61. The Bertz CT molecular complexity index is 1980. The molecule has 74 heavy (non-hydrogen) atoms. The fraction of sp³-hybridized carbons (Fsp3) is 0.754. The van der Waals surface area contributed by atoms with Gasteiger partial charge in [-0.15, -0.1) is 0 Å². The summed E-state index contributed by atoms with van der Waals surface area (Å²) >= 11 is 0. The van der Waals surface area contributed by atoms with Gasteiger partial charge in [0.15, 0.2) is 5.78 Å². The first-order chi connectivity index (χ1) is 35.2. The van der Waals surface area contributed by atoms with E-state index in [9.17, 15) is 44.1 Å². The Hall–Kier alpha value is -3.94. The van der Waals surface area contributed by atoms with E-state index < -0.39 is 77.8 Å². The van der Waals surface area contributed by atoms with Gasteiger partial charge in [-0.1, -0.05) is 71.1 Å². The van der Waals surface area contributed by atoms with Crippen LogP contribution in [0.4, 0.5) is 0 Å². The second-order valence-corrected chi connectivity index (χ2v) is 21.6. The van der Waals surface area contributed by atoms with Crippen molar-refractivity contribution in [2.24, 2.45) is 35.5 Å². The molecule has 4 rings (SSSR count). The van der Waals surface area contributed by atoms with Crippen LogP contribution in [0.1, 0.15) is 138 Å². The molecule has 2 amide bonds. The van der Waals surface area contributed by atoms with E-state index in [2.05, 4.69) is 5.32 Å². The zero-order valence-corrected chi connectivity index (χ0v) is 46.0. The van der Waals surface area contributed by atoms with Crippen LogP contribution in [0.5, 0.6) is 0 Å². The number of piperidine rings is 1. The Balaban J connectivity index is 1.71. The Morgan fingerprint density at radius 2 is 1.64 bits per heavy atom. The maximum atomic E-state index is 14.6. The van der Waals surface area contributed by atoms with E-state index in [-0.39, 0.29) is 99.5 Å². The molecule has 2 bridgehead atoms. The number of nitrogens with one attached hydrogen (secondary N) is 1. The van der Waals surface area contributed by atoms with Crippen LogP contribution in [0.15, 0.2) is 47.6 Å². The van der Waals surface area contributed by atoms with Crippen LogP contribution in [0.25, 0.3) is 0 Å². The van der Waals surface area contributed by atoms with Gasteiger partial charge in [-0.05, 0) is 113 Å². The Morgan fingerprint density at radius 3 is 2.32 bits per heavy atom. The molecule has 4 aliphatic rings. The van der Waals surface area contributed by atoms with Crippen molar-refractivity contribution < 1.29 is 72.5 Å². The number of cyclic esters (lactones) is 1. The van der Waals surface area contributed by atoms with E-state index in [1.54, 1.807) is 47.9 Å². The van der Waals surface area contributed by atoms with Crippen molar-refractivity contribution in [2.45, 2.75) is 193 Å². The predicted molar refractivity (Wildman–Crippen MR) is 278 cm³/mol. The van der Waals surface area contributed by atoms with E-state index in [1.807, 2.05) is 51.2 Å². The molecule has 1 aliphatic carbocycles. The molecule has 0 radical (unpaired) electrons. The van der Waals surface area contributed by atoms with Gasteiger partial charge in [0, 0.05) is 71.4 Å². The van der Waals surface area contributed by atoms with E-state index in [4.69, 9.17) is 28.4 Å². The van der Waals surface area contributed by atoms with Gasteiger partial charge in [-0.25, -0.2) is 4.79 Å². The molecule has 15 atom stereocenters. The molecule has 3 fully saturated rings. The number of aliphatic hydroxyl groups is 3. The number of fused-ring (bicyclic) bond motifs is 3. The average molecular weight is 1040 g/mol. The standard InChI is InChI=1S/C57H90N2O15/c1-35-17-12-11-13-18-36(2)47(71-27-16-20-50(62)58-8)33-43-23-21-41(7)57(68,74-43)54(65)55(66)59-25-15-14-19-44(59)56(67)73-48(38(4)31-42-22-24-46(72-28-26-60)49(32-42)69-9)34-45(61)37(3)30-40(6)52(64)53(70-10)51(63)39(5)29-35/h11-13,17-18,30,35,37-39,41-44,46-49,52-53,60,64,68H,14-16,19-29,31-34H2,1-10H3,(H,58,62)/b13-11?,17-12+,36-18?,40-30+/t35-,37-,38-,39-,41-,42?,43+,44+,46-,47-,48?,49-,52-,53+,57-/m1/s1. The fourth-order valence-electron chi connectivity index (χ4n) is 11.0. The highest BCUT2D eigenvalue weighted by atomic mass is 16.6. The number of nitrogens with zero attached hydrogens (tertiary/aromatic N) is 1. The van der Waals surface area contributed by atoms with Crippen LogP contribution in [-0.4, -0.2) is 158 Å². The highest BCUT2D eigenvalue weighted by molar-refractivity contribution is 6.39. The third kappa shape index (κ3) is 17.8. The predicted octanol–water partition coefficient (Wildman–Crippen LogP) is 6.09. The number of hydrogen-bond donors (Lipinski definition) is 4. The number of ketones is 3. The monoisotopic (exact) mass is 1040 g/mol. The van der Waals surface area contributed by atoms with E-state index >= 15 is 0 Å². The van der Waals surface area contributed by atoms with Gasteiger partial charge in [0.05, 0.1) is 37.6 Å². The molecule has 2 saturated heterocycles. The van der Waals surface area contributed by atoms with Crippen molar-refractivity contribution in [2.75, 3.05) is 47.6 Å². The largest absolute Gasteiger partial charge is 0.460 e. The number of ether oxygens (including phenoxy) is 6. The van der Waals surface area contributed by atoms with Crippen molar-refractivity contribution in [1.29, 1.82) is 0 Å². The van der Waals surface area contributed by atoms with Crippen LogP contribution >= 0.6 is 0 Å². The SMILES string of the molecule is CNC(=O)CCCO[C@@H]1C[C@@H]2CC[C@@H](C)[C@@](O)(O2)C(=O)C(=O)N2CCCC[C@H]2C(=O)OC([C@H](C)CC2CC[C@@H](OCCO)[C@H](OC)C2)CC(=O)[C@H](C)/C=C(\C)[C@@H](O)[C@@H](OC)C(=O)[C@H](C)C[C@H](C)/C=C/C=CC=C1C. The van der Waals surface area contributed by atoms with E-state index in [0.29, 0.717) is 63.4 Å². The molecule has 3 aliphatic heterocycles. The second kappa shape index (κ2) is 30.7. The molecule has 3 heterocycles. The zero-order valence-electron chi connectivity index (χ0n) is 46.0. The minimum absolute atomic E-state index is 0.0215. The molecule has 0 aromatic heterocycles.